The molecule has 0 fully saturated rings. The maximum absolute atomic E-state index is 10.5. The molecule has 1 aromatic carbocycles. The molecule has 0 aliphatic rings. The molecule has 1 N–H and O–H groups in total. The molecule has 72 valence electrons. The van der Waals surface area contributed by atoms with Crippen molar-refractivity contribution in [2.75, 3.05) is 0 Å². The maximum Gasteiger partial charge on any atom is 0.304 e. The zero-order valence-corrected chi connectivity index (χ0v) is 7.37. The fourth-order valence-electron chi connectivity index (χ4n) is 1.13. The number of rotatable bonds is 4. The highest BCUT2D eigenvalue weighted by atomic mass is 16.4. The van der Waals surface area contributed by atoms with Gasteiger partial charge < -0.3 is 5.11 Å². The Bertz CT molecular complexity index is 358. The number of hydrogen-bond donors (Lipinski definition) is 1. The molecule has 0 amide bonds. The fourth-order valence-corrected chi connectivity index (χ4v) is 1.13. The Morgan fingerprint density at radius 1 is 1.50 bits per heavy atom. The van der Waals surface area contributed by atoms with E-state index in [1.807, 2.05) is 6.07 Å². The molecule has 1 unspecified atom stereocenters. The second-order valence-electron chi connectivity index (χ2n) is 2.73. The summed E-state index contributed by atoms with van der Waals surface area (Å²) in [5, 5.41) is 12.0. The predicted octanol–water partition coefficient (Wildman–Crippen LogP) is 2.51. The van der Waals surface area contributed by atoms with Gasteiger partial charge in [0, 0.05) is 4.91 Å². The molecule has 0 aromatic heterocycles. The molecule has 0 aliphatic carbocycles. The third-order valence-electron chi connectivity index (χ3n) is 1.74. The Morgan fingerprint density at radius 2 is 2.14 bits per heavy atom. The van der Waals surface area contributed by atoms with E-state index in [9.17, 15) is 4.79 Å². The van der Waals surface area contributed by atoms with Gasteiger partial charge in [-0.3, -0.25) is 4.79 Å². The van der Waals surface area contributed by atoms with Crippen molar-refractivity contribution in [1.82, 2.24) is 0 Å². The van der Waals surface area contributed by atoms with Gasteiger partial charge in [-0.05, 0) is 11.1 Å². The summed E-state index contributed by atoms with van der Waals surface area (Å²) in [6, 6.07) is 8.22. The van der Waals surface area contributed by atoms with Crippen LogP contribution >= 0.6 is 0 Å². The first-order valence-electron chi connectivity index (χ1n) is 4.05. The van der Waals surface area contributed by atoms with Gasteiger partial charge in [-0.15, -0.1) is 0 Å². The van der Waals surface area contributed by atoms with Crippen molar-refractivity contribution in [1.29, 1.82) is 0 Å². The highest BCUT2D eigenvalue weighted by Crippen LogP contribution is 2.20. The second kappa shape index (κ2) is 4.89. The summed E-state index contributed by atoms with van der Waals surface area (Å²) in [4.78, 5) is 13.1. The molecule has 1 aromatic rings. The Balaban J connectivity index is 2.88. The van der Waals surface area contributed by atoms with E-state index in [0.29, 0.717) is 5.56 Å². The number of carbonyl (C=O) groups is 1. The number of carboxylic acid groups (broad SMARTS) is 1. The quantitative estimate of drug-likeness (QED) is 0.450. The van der Waals surface area contributed by atoms with Crippen molar-refractivity contribution < 1.29 is 9.90 Å². The van der Waals surface area contributed by atoms with Crippen molar-refractivity contribution >= 4 is 5.97 Å². The molecule has 0 radical (unpaired) electrons. The van der Waals surface area contributed by atoms with Crippen molar-refractivity contribution in [2.24, 2.45) is 5.11 Å². The minimum atomic E-state index is -0.980. The van der Waals surface area contributed by atoms with Crippen LogP contribution in [0.5, 0.6) is 0 Å². The third kappa shape index (κ3) is 2.80. The SMILES string of the molecule is [N-]=[N+]=NC(CC(=O)O)c1ccccc1. The highest BCUT2D eigenvalue weighted by Gasteiger charge is 2.12. The topological polar surface area (TPSA) is 86.1 Å². The Hall–Kier alpha value is -2.00. The first-order valence-corrected chi connectivity index (χ1v) is 4.05. The molecule has 0 saturated heterocycles. The van der Waals surface area contributed by atoms with Crippen LogP contribution in [0.4, 0.5) is 0 Å². The standard InChI is InChI=1S/C9H9N3O2/c10-12-11-8(6-9(13)14)7-4-2-1-3-5-7/h1-5,8H,6H2,(H,13,14). The summed E-state index contributed by atoms with van der Waals surface area (Å²) in [7, 11) is 0. The average Bonchev–Trinajstić information content (AvgIpc) is 2.18. The summed E-state index contributed by atoms with van der Waals surface area (Å²) in [5.74, 6) is -0.980. The van der Waals surface area contributed by atoms with E-state index >= 15 is 0 Å². The predicted molar refractivity (Wildman–Crippen MR) is 50.6 cm³/mol. The number of azide groups is 1. The number of hydrogen-bond acceptors (Lipinski definition) is 2. The Labute approximate surface area is 80.6 Å². The highest BCUT2D eigenvalue weighted by molar-refractivity contribution is 5.67. The van der Waals surface area contributed by atoms with Gasteiger partial charge >= 0.3 is 5.97 Å². The van der Waals surface area contributed by atoms with Crippen LogP contribution in [0.15, 0.2) is 35.4 Å². The normalized spacial score (nSPS) is 11.4. The van der Waals surface area contributed by atoms with E-state index < -0.39 is 12.0 Å². The summed E-state index contributed by atoms with van der Waals surface area (Å²) >= 11 is 0. The van der Waals surface area contributed by atoms with Crippen LogP contribution in [-0.2, 0) is 4.79 Å². The molecule has 5 nitrogen and oxygen atoms in total. The molecule has 0 bridgehead atoms. The Kier molecular flexibility index (Phi) is 3.52. The molecule has 14 heavy (non-hydrogen) atoms. The fraction of sp³-hybridized carbons (Fsp3) is 0.222. The number of aliphatic carboxylic acids is 1. The lowest BCUT2D eigenvalue weighted by Crippen LogP contribution is -2.03. The Morgan fingerprint density at radius 3 is 2.64 bits per heavy atom. The van der Waals surface area contributed by atoms with Crippen LogP contribution in [-0.4, -0.2) is 11.1 Å². The minimum absolute atomic E-state index is 0.186. The van der Waals surface area contributed by atoms with Gasteiger partial charge in [0.15, 0.2) is 0 Å². The van der Waals surface area contributed by atoms with E-state index in [1.165, 1.54) is 0 Å². The second-order valence-corrected chi connectivity index (χ2v) is 2.73. The smallest absolute Gasteiger partial charge is 0.304 e. The molecular formula is C9H9N3O2. The van der Waals surface area contributed by atoms with Crippen molar-refractivity contribution in [3.63, 3.8) is 0 Å². The molecule has 1 rings (SSSR count). The van der Waals surface area contributed by atoms with Crippen LogP contribution in [0.3, 0.4) is 0 Å². The molecule has 0 spiro atoms. The van der Waals surface area contributed by atoms with Crippen LogP contribution in [0.2, 0.25) is 0 Å². The van der Waals surface area contributed by atoms with E-state index in [4.69, 9.17) is 10.6 Å². The zero-order valence-electron chi connectivity index (χ0n) is 7.37. The van der Waals surface area contributed by atoms with Crippen LogP contribution < -0.4 is 0 Å². The van der Waals surface area contributed by atoms with Crippen LogP contribution in [0.25, 0.3) is 10.4 Å². The molecule has 5 heteroatoms. The largest absolute Gasteiger partial charge is 0.481 e. The molecule has 0 saturated carbocycles. The zero-order chi connectivity index (χ0) is 10.4. The van der Waals surface area contributed by atoms with E-state index in [0.717, 1.165) is 0 Å². The number of carboxylic acids is 1. The van der Waals surface area contributed by atoms with Gasteiger partial charge in [0.25, 0.3) is 0 Å². The number of nitrogens with zero attached hydrogens (tertiary/aromatic N) is 3. The lowest BCUT2D eigenvalue weighted by molar-refractivity contribution is -0.137. The molecule has 0 aliphatic heterocycles. The van der Waals surface area contributed by atoms with Gasteiger partial charge in [0.05, 0.1) is 12.5 Å². The summed E-state index contributed by atoms with van der Waals surface area (Å²) < 4.78 is 0. The summed E-state index contributed by atoms with van der Waals surface area (Å²) in [6.45, 7) is 0. The monoisotopic (exact) mass is 191 g/mol. The molecule has 1 atom stereocenters. The van der Waals surface area contributed by atoms with Gasteiger partial charge in [-0.25, -0.2) is 0 Å². The van der Waals surface area contributed by atoms with Gasteiger partial charge in [0.2, 0.25) is 0 Å². The molecule has 0 heterocycles. The van der Waals surface area contributed by atoms with E-state index in [2.05, 4.69) is 10.0 Å². The van der Waals surface area contributed by atoms with Crippen LogP contribution in [0, 0.1) is 0 Å². The van der Waals surface area contributed by atoms with E-state index in [1.54, 1.807) is 24.3 Å². The van der Waals surface area contributed by atoms with Crippen molar-refractivity contribution in [3.05, 3.63) is 46.3 Å². The minimum Gasteiger partial charge on any atom is -0.481 e. The van der Waals surface area contributed by atoms with Crippen molar-refractivity contribution in [3.8, 4) is 0 Å². The summed E-state index contributed by atoms with van der Waals surface area (Å²) in [6.07, 6.45) is -0.186. The van der Waals surface area contributed by atoms with Gasteiger partial charge in [0.1, 0.15) is 0 Å². The first kappa shape index (κ1) is 10.1. The van der Waals surface area contributed by atoms with Gasteiger partial charge in [-0.2, -0.15) is 0 Å². The lowest BCUT2D eigenvalue weighted by Gasteiger charge is -2.07. The van der Waals surface area contributed by atoms with Crippen molar-refractivity contribution in [2.45, 2.75) is 12.5 Å². The van der Waals surface area contributed by atoms with Crippen LogP contribution in [0.1, 0.15) is 18.0 Å². The van der Waals surface area contributed by atoms with Gasteiger partial charge in [-0.1, -0.05) is 35.4 Å². The third-order valence-corrected chi connectivity index (χ3v) is 1.74. The first-order chi connectivity index (χ1) is 6.74. The lowest BCUT2D eigenvalue weighted by atomic mass is 10.1. The summed E-state index contributed by atoms with van der Waals surface area (Å²) in [5.41, 5.74) is 8.99. The average molecular weight is 191 g/mol. The van der Waals surface area contributed by atoms with E-state index in [-0.39, 0.29) is 6.42 Å². The maximum atomic E-state index is 10.5. The molecular weight excluding hydrogens is 182 g/mol. The number of benzene rings is 1.